The predicted octanol–water partition coefficient (Wildman–Crippen LogP) is 3.26. The minimum Gasteiger partial charge on any atom is -0.494 e. The summed E-state index contributed by atoms with van der Waals surface area (Å²) in [5, 5.41) is 12.9. The molecule has 1 aromatic carbocycles. The van der Waals surface area contributed by atoms with E-state index in [0.717, 1.165) is 38.2 Å². The number of aliphatic hydroxyl groups excluding tert-OH is 1. The molecule has 0 amide bonds. The third-order valence-electron chi connectivity index (χ3n) is 4.22. The Labute approximate surface area is 122 Å². The maximum Gasteiger partial charge on any atom is 0.119 e. The second kappa shape index (κ2) is 7.65. The lowest BCUT2D eigenvalue weighted by Crippen LogP contribution is -2.53. The molecule has 20 heavy (non-hydrogen) atoms. The van der Waals surface area contributed by atoms with Crippen LogP contribution < -0.4 is 10.1 Å². The van der Waals surface area contributed by atoms with Gasteiger partial charge < -0.3 is 15.2 Å². The van der Waals surface area contributed by atoms with Crippen LogP contribution in [0.25, 0.3) is 0 Å². The molecule has 1 saturated carbocycles. The third kappa shape index (κ3) is 4.22. The maximum absolute atomic E-state index is 9.42. The fraction of sp³-hybridized carbons (Fsp3) is 0.647. The van der Waals surface area contributed by atoms with Crippen LogP contribution in [0.3, 0.4) is 0 Å². The molecule has 1 fully saturated rings. The Bertz CT molecular complexity index is 379. The highest BCUT2D eigenvalue weighted by Crippen LogP contribution is 2.31. The monoisotopic (exact) mass is 277 g/mol. The molecule has 0 radical (unpaired) electrons. The van der Waals surface area contributed by atoms with E-state index in [1.54, 1.807) is 0 Å². The SMILES string of the molecule is CCCCCOc1ccc(CNC2(CO)CCC2)cc1. The van der Waals surface area contributed by atoms with Gasteiger partial charge in [-0.1, -0.05) is 31.9 Å². The van der Waals surface area contributed by atoms with Crippen LogP contribution in [0.1, 0.15) is 51.0 Å². The third-order valence-corrected chi connectivity index (χ3v) is 4.22. The molecule has 0 heterocycles. The number of nitrogens with one attached hydrogen (secondary N) is 1. The minimum atomic E-state index is -0.0185. The molecule has 1 aliphatic carbocycles. The predicted molar refractivity (Wildman–Crippen MR) is 82.0 cm³/mol. The van der Waals surface area contributed by atoms with Crippen LogP contribution in [0.4, 0.5) is 0 Å². The number of unbranched alkanes of at least 4 members (excludes halogenated alkanes) is 2. The van der Waals surface area contributed by atoms with Gasteiger partial charge in [0, 0.05) is 12.1 Å². The number of aliphatic hydroxyl groups is 1. The van der Waals surface area contributed by atoms with Crippen molar-refractivity contribution in [2.45, 2.75) is 57.5 Å². The molecule has 0 unspecified atom stereocenters. The lowest BCUT2D eigenvalue weighted by Gasteiger charge is -2.41. The van der Waals surface area contributed by atoms with Gasteiger partial charge in [0.1, 0.15) is 5.75 Å². The van der Waals surface area contributed by atoms with E-state index < -0.39 is 0 Å². The van der Waals surface area contributed by atoms with Crippen molar-refractivity contribution in [1.29, 1.82) is 0 Å². The molecular formula is C17H27NO2. The molecule has 0 bridgehead atoms. The van der Waals surface area contributed by atoms with E-state index in [1.165, 1.54) is 24.8 Å². The van der Waals surface area contributed by atoms with Crippen LogP contribution in [0.15, 0.2) is 24.3 Å². The van der Waals surface area contributed by atoms with Crippen molar-refractivity contribution < 1.29 is 9.84 Å². The molecule has 1 aliphatic rings. The summed E-state index contributed by atoms with van der Waals surface area (Å²) in [7, 11) is 0. The number of hydrogen-bond acceptors (Lipinski definition) is 3. The van der Waals surface area contributed by atoms with Gasteiger partial charge in [-0.15, -0.1) is 0 Å². The molecule has 3 nitrogen and oxygen atoms in total. The zero-order chi connectivity index (χ0) is 14.3. The first-order valence-electron chi connectivity index (χ1n) is 7.86. The molecule has 0 atom stereocenters. The first kappa shape index (κ1) is 15.3. The minimum absolute atomic E-state index is 0.0185. The van der Waals surface area contributed by atoms with E-state index in [-0.39, 0.29) is 12.1 Å². The van der Waals surface area contributed by atoms with Crippen molar-refractivity contribution >= 4 is 0 Å². The van der Waals surface area contributed by atoms with E-state index in [2.05, 4.69) is 24.4 Å². The summed E-state index contributed by atoms with van der Waals surface area (Å²) < 4.78 is 5.70. The first-order chi connectivity index (χ1) is 9.78. The van der Waals surface area contributed by atoms with Crippen molar-refractivity contribution in [2.24, 2.45) is 0 Å². The molecule has 0 aliphatic heterocycles. The fourth-order valence-electron chi connectivity index (χ4n) is 2.53. The molecule has 1 aromatic rings. The Morgan fingerprint density at radius 1 is 1.20 bits per heavy atom. The van der Waals surface area contributed by atoms with Crippen LogP contribution in [-0.4, -0.2) is 23.9 Å². The van der Waals surface area contributed by atoms with Crippen LogP contribution in [0.2, 0.25) is 0 Å². The highest BCUT2D eigenvalue weighted by Gasteiger charge is 2.35. The standard InChI is InChI=1S/C17H27NO2/c1-2-3-4-12-20-16-8-6-15(7-9-16)13-18-17(14-19)10-5-11-17/h6-9,18-19H,2-5,10-14H2,1H3. The normalized spacial score (nSPS) is 16.7. The van der Waals surface area contributed by atoms with Gasteiger partial charge in [0.25, 0.3) is 0 Å². The van der Waals surface area contributed by atoms with Gasteiger partial charge in [0.15, 0.2) is 0 Å². The van der Waals surface area contributed by atoms with Gasteiger partial charge in [-0.25, -0.2) is 0 Å². The number of ether oxygens (including phenoxy) is 1. The average Bonchev–Trinajstić information content (AvgIpc) is 2.44. The Kier molecular flexibility index (Phi) is 5.86. The second-order valence-electron chi connectivity index (χ2n) is 5.85. The first-order valence-corrected chi connectivity index (χ1v) is 7.86. The summed E-state index contributed by atoms with van der Waals surface area (Å²) in [5.74, 6) is 0.949. The van der Waals surface area contributed by atoms with E-state index in [0.29, 0.717) is 0 Å². The van der Waals surface area contributed by atoms with Gasteiger partial charge >= 0.3 is 0 Å². The lowest BCUT2D eigenvalue weighted by atomic mass is 9.77. The van der Waals surface area contributed by atoms with Crippen LogP contribution >= 0.6 is 0 Å². The molecule has 2 rings (SSSR count). The van der Waals surface area contributed by atoms with Gasteiger partial charge in [0.05, 0.1) is 13.2 Å². The summed E-state index contributed by atoms with van der Waals surface area (Å²) >= 11 is 0. The van der Waals surface area contributed by atoms with Crippen LogP contribution in [0, 0.1) is 0 Å². The van der Waals surface area contributed by atoms with Gasteiger partial charge in [0.2, 0.25) is 0 Å². The van der Waals surface area contributed by atoms with Gasteiger partial charge in [-0.05, 0) is 43.4 Å². The van der Waals surface area contributed by atoms with E-state index in [4.69, 9.17) is 4.74 Å². The second-order valence-corrected chi connectivity index (χ2v) is 5.85. The Balaban J connectivity index is 1.73. The van der Waals surface area contributed by atoms with Gasteiger partial charge in [-0.3, -0.25) is 0 Å². The van der Waals surface area contributed by atoms with Gasteiger partial charge in [-0.2, -0.15) is 0 Å². The molecule has 0 saturated heterocycles. The number of rotatable bonds is 9. The smallest absolute Gasteiger partial charge is 0.119 e. The number of benzene rings is 1. The van der Waals surface area contributed by atoms with E-state index in [1.807, 2.05) is 12.1 Å². The van der Waals surface area contributed by atoms with Crippen LogP contribution in [-0.2, 0) is 6.54 Å². The molecular weight excluding hydrogens is 250 g/mol. The largest absolute Gasteiger partial charge is 0.494 e. The quantitative estimate of drug-likeness (QED) is 0.681. The topological polar surface area (TPSA) is 41.5 Å². The Morgan fingerprint density at radius 3 is 2.50 bits per heavy atom. The molecule has 2 N–H and O–H groups in total. The molecule has 0 aromatic heterocycles. The van der Waals surface area contributed by atoms with E-state index in [9.17, 15) is 5.11 Å². The zero-order valence-electron chi connectivity index (χ0n) is 12.5. The fourth-order valence-corrected chi connectivity index (χ4v) is 2.53. The van der Waals surface area contributed by atoms with E-state index >= 15 is 0 Å². The summed E-state index contributed by atoms with van der Waals surface area (Å²) in [6.45, 7) is 4.06. The summed E-state index contributed by atoms with van der Waals surface area (Å²) in [6.07, 6.45) is 6.97. The van der Waals surface area contributed by atoms with Crippen molar-refractivity contribution in [2.75, 3.05) is 13.2 Å². The van der Waals surface area contributed by atoms with Crippen molar-refractivity contribution in [3.63, 3.8) is 0 Å². The summed E-state index contributed by atoms with van der Waals surface area (Å²) in [4.78, 5) is 0. The lowest BCUT2D eigenvalue weighted by molar-refractivity contribution is 0.0872. The van der Waals surface area contributed by atoms with Crippen molar-refractivity contribution in [3.8, 4) is 5.75 Å². The molecule has 112 valence electrons. The maximum atomic E-state index is 9.42. The van der Waals surface area contributed by atoms with Crippen molar-refractivity contribution in [1.82, 2.24) is 5.32 Å². The Morgan fingerprint density at radius 2 is 1.95 bits per heavy atom. The highest BCUT2D eigenvalue weighted by atomic mass is 16.5. The highest BCUT2D eigenvalue weighted by molar-refractivity contribution is 5.27. The summed E-state index contributed by atoms with van der Waals surface area (Å²) in [6, 6.07) is 8.28. The van der Waals surface area contributed by atoms with Crippen LogP contribution in [0.5, 0.6) is 5.75 Å². The number of hydrogen-bond donors (Lipinski definition) is 2. The Hall–Kier alpha value is -1.06. The zero-order valence-corrected chi connectivity index (χ0v) is 12.5. The average molecular weight is 277 g/mol. The summed E-state index contributed by atoms with van der Waals surface area (Å²) in [5.41, 5.74) is 1.22. The van der Waals surface area contributed by atoms with Crippen molar-refractivity contribution in [3.05, 3.63) is 29.8 Å². The molecule has 0 spiro atoms. The molecule has 3 heteroatoms.